The minimum atomic E-state index is -1.30. The number of carboxylic acid groups (broad SMARTS) is 1. The van der Waals surface area contributed by atoms with Gasteiger partial charge in [0.05, 0.1) is 38.9 Å². The van der Waals surface area contributed by atoms with Gasteiger partial charge in [0.15, 0.2) is 5.78 Å². The fourth-order valence-electron chi connectivity index (χ4n) is 3.61. The van der Waals surface area contributed by atoms with Crippen molar-refractivity contribution < 1.29 is 38.1 Å². The summed E-state index contributed by atoms with van der Waals surface area (Å²) < 4.78 is 24.3. The number of ether oxygens (including phenoxy) is 2. The number of carbonyl (C=O) groups is 4. The van der Waals surface area contributed by atoms with Gasteiger partial charge >= 0.3 is 5.97 Å². The van der Waals surface area contributed by atoms with Gasteiger partial charge in [0.25, 0.3) is 0 Å². The number of carbonyl (C=O) groups excluding carboxylic acids is 3. The number of rotatable bonds is 15. The molecular formula is C27H33FN2O7S. The average Bonchev–Trinajstić information content (AvgIpc) is 2.87. The molecule has 0 saturated carbocycles. The second kappa shape index (κ2) is 15.0. The number of halogens is 1. The number of benzene rings is 2. The maximum Gasteiger partial charge on any atom is 0.305 e. The summed E-state index contributed by atoms with van der Waals surface area (Å²) in [5, 5.41) is 14.4. The molecule has 0 aromatic heterocycles. The Labute approximate surface area is 225 Å². The zero-order valence-electron chi connectivity index (χ0n) is 21.8. The van der Waals surface area contributed by atoms with Crippen LogP contribution in [-0.2, 0) is 31.4 Å². The molecule has 0 heterocycles. The summed E-state index contributed by atoms with van der Waals surface area (Å²) in [5.41, 5.74) is 0.970. The Morgan fingerprint density at radius 1 is 1.00 bits per heavy atom. The molecule has 0 aliphatic carbocycles. The van der Waals surface area contributed by atoms with Gasteiger partial charge in [0, 0.05) is 11.3 Å². The lowest BCUT2D eigenvalue weighted by molar-refractivity contribution is -0.140. The van der Waals surface area contributed by atoms with E-state index in [0.29, 0.717) is 22.6 Å². The summed E-state index contributed by atoms with van der Waals surface area (Å²) >= 11 is 1.12. The van der Waals surface area contributed by atoms with E-state index in [-0.39, 0.29) is 23.8 Å². The van der Waals surface area contributed by atoms with Crippen LogP contribution in [0.4, 0.5) is 4.39 Å². The molecule has 2 amide bonds. The van der Waals surface area contributed by atoms with E-state index in [2.05, 4.69) is 10.6 Å². The number of Topliss-reactive ketones (excluding diaryl/α,β-unsaturated/α-hetero) is 1. The van der Waals surface area contributed by atoms with Crippen molar-refractivity contribution in [2.75, 3.05) is 20.0 Å². The zero-order chi connectivity index (χ0) is 28.2. The van der Waals surface area contributed by atoms with Crippen molar-refractivity contribution in [1.29, 1.82) is 0 Å². The normalized spacial score (nSPS) is 12.4. The Bertz CT molecular complexity index is 1140. The molecule has 0 spiro atoms. The van der Waals surface area contributed by atoms with E-state index >= 15 is 0 Å². The molecular weight excluding hydrogens is 515 g/mol. The SMILES string of the molecule is COc1ccc(OC)c(CC(=O)N[C@H](C(=O)NC(CC(=O)O)C(=O)CSCc2ccccc2F)C(C)C)c1. The topological polar surface area (TPSA) is 131 Å². The van der Waals surface area contributed by atoms with E-state index in [1.807, 2.05) is 0 Å². The Balaban J connectivity index is 2.05. The lowest BCUT2D eigenvalue weighted by atomic mass is 10.0. The summed E-state index contributed by atoms with van der Waals surface area (Å²) in [6.07, 6.45) is -0.717. The lowest BCUT2D eigenvalue weighted by Crippen LogP contribution is -2.54. The Hall–Kier alpha value is -3.60. The van der Waals surface area contributed by atoms with E-state index in [1.165, 1.54) is 20.3 Å². The molecule has 2 atom stereocenters. The third-order valence-corrected chi connectivity index (χ3v) is 6.65. The van der Waals surface area contributed by atoms with E-state index in [0.717, 1.165) is 11.8 Å². The van der Waals surface area contributed by atoms with Crippen LogP contribution in [0.1, 0.15) is 31.4 Å². The largest absolute Gasteiger partial charge is 0.497 e. The van der Waals surface area contributed by atoms with Crippen LogP contribution in [0, 0.1) is 11.7 Å². The van der Waals surface area contributed by atoms with Gasteiger partial charge in [-0.2, -0.15) is 0 Å². The van der Waals surface area contributed by atoms with E-state index in [9.17, 15) is 28.7 Å². The molecule has 2 aromatic rings. The van der Waals surface area contributed by atoms with Gasteiger partial charge in [0.2, 0.25) is 11.8 Å². The zero-order valence-corrected chi connectivity index (χ0v) is 22.6. The predicted octanol–water partition coefficient (Wildman–Crippen LogP) is 2.99. The number of carboxylic acids is 1. The van der Waals surface area contributed by atoms with Crippen LogP contribution in [0.25, 0.3) is 0 Å². The minimum absolute atomic E-state index is 0.0962. The van der Waals surface area contributed by atoms with Crippen molar-refractivity contribution >= 4 is 35.3 Å². The number of amides is 2. The van der Waals surface area contributed by atoms with Gasteiger partial charge in [-0.3, -0.25) is 19.2 Å². The van der Waals surface area contributed by atoms with Gasteiger partial charge in [0.1, 0.15) is 23.4 Å². The van der Waals surface area contributed by atoms with Crippen LogP contribution in [0.5, 0.6) is 11.5 Å². The van der Waals surface area contributed by atoms with Crippen LogP contribution in [0.15, 0.2) is 42.5 Å². The van der Waals surface area contributed by atoms with Crippen LogP contribution >= 0.6 is 11.8 Å². The number of ketones is 1. The molecule has 3 N–H and O–H groups in total. The molecule has 9 nitrogen and oxygen atoms in total. The van der Waals surface area contributed by atoms with Crippen LogP contribution < -0.4 is 20.1 Å². The van der Waals surface area contributed by atoms with Gasteiger partial charge in [-0.25, -0.2) is 4.39 Å². The van der Waals surface area contributed by atoms with Crippen LogP contribution in [0.2, 0.25) is 0 Å². The number of thioether (sulfide) groups is 1. The summed E-state index contributed by atoms with van der Waals surface area (Å²) in [4.78, 5) is 50.0. The third-order valence-electron chi connectivity index (χ3n) is 5.65. The molecule has 38 heavy (non-hydrogen) atoms. The number of hydrogen-bond donors (Lipinski definition) is 3. The average molecular weight is 549 g/mol. The molecule has 2 rings (SSSR count). The number of nitrogens with one attached hydrogen (secondary N) is 2. The molecule has 0 radical (unpaired) electrons. The fourth-order valence-corrected chi connectivity index (χ4v) is 4.57. The highest BCUT2D eigenvalue weighted by atomic mass is 32.2. The molecule has 2 aromatic carbocycles. The van der Waals surface area contributed by atoms with Gasteiger partial charge < -0.3 is 25.2 Å². The molecule has 206 valence electrons. The molecule has 0 fully saturated rings. The van der Waals surface area contributed by atoms with Crippen molar-refractivity contribution in [2.45, 2.75) is 44.5 Å². The summed E-state index contributed by atoms with van der Waals surface area (Å²) in [7, 11) is 2.97. The lowest BCUT2D eigenvalue weighted by Gasteiger charge is -2.25. The summed E-state index contributed by atoms with van der Waals surface area (Å²) in [5.74, 6) is -2.58. The first-order valence-corrected chi connectivity index (χ1v) is 13.1. The Morgan fingerprint density at radius 2 is 1.71 bits per heavy atom. The Morgan fingerprint density at radius 3 is 2.32 bits per heavy atom. The summed E-state index contributed by atoms with van der Waals surface area (Å²) in [6.45, 7) is 3.43. The maximum atomic E-state index is 13.8. The Kier molecular flexibility index (Phi) is 12.1. The quantitative estimate of drug-likeness (QED) is 0.310. The molecule has 0 bridgehead atoms. The van der Waals surface area contributed by atoms with Crippen LogP contribution in [0.3, 0.4) is 0 Å². The molecule has 1 unspecified atom stereocenters. The third kappa shape index (κ3) is 9.37. The second-order valence-corrected chi connectivity index (χ2v) is 9.84. The first kappa shape index (κ1) is 30.6. The highest BCUT2D eigenvalue weighted by molar-refractivity contribution is 7.99. The standard InChI is InChI=1S/C27H33FN2O7S/c1-16(2)26(30-24(32)12-18-11-19(36-3)9-10-23(18)37-4)27(35)29-21(13-25(33)34)22(31)15-38-14-17-7-5-6-8-20(17)28/h5-11,16,21,26H,12-15H2,1-4H3,(H,29,35)(H,30,32)(H,33,34)/t21?,26-/m0/s1. The first-order valence-electron chi connectivity index (χ1n) is 11.9. The predicted molar refractivity (Wildman–Crippen MR) is 142 cm³/mol. The van der Waals surface area contributed by atoms with Crippen molar-refractivity contribution in [1.82, 2.24) is 10.6 Å². The molecule has 0 saturated heterocycles. The monoisotopic (exact) mass is 548 g/mol. The van der Waals surface area contributed by atoms with E-state index < -0.39 is 47.9 Å². The number of methoxy groups -OCH3 is 2. The first-order chi connectivity index (χ1) is 18.0. The molecule has 11 heteroatoms. The van der Waals surface area contributed by atoms with Gasteiger partial charge in [-0.05, 0) is 35.7 Å². The van der Waals surface area contributed by atoms with Crippen molar-refractivity contribution in [3.05, 3.63) is 59.4 Å². The second-order valence-electron chi connectivity index (χ2n) is 8.85. The number of hydrogen-bond acceptors (Lipinski definition) is 7. The highest BCUT2D eigenvalue weighted by Gasteiger charge is 2.30. The molecule has 0 aliphatic rings. The van der Waals surface area contributed by atoms with Gasteiger partial charge in [-0.15, -0.1) is 11.8 Å². The minimum Gasteiger partial charge on any atom is -0.497 e. The molecule has 0 aliphatic heterocycles. The highest BCUT2D eigenvalue weighted by Crippen LogP contribution is 2.24. The van der Waals surface area contributed by atoms with E-state index in [4.69, 9.17) is 9.47 Å². The maximum absolute atomic E-state index is 13.8. The van der Waals surface area contributed by atoms with E-state index in [1.54, 1.807) is 50.2 Å². The van der Waals surface area contributed by atoms with Crippen LogP contribution in [-0.4, -0.2) is 60.7 Å². The van der Waals surface area contributed by atoms with Crippen molar-refractivity contribution in [3.8, 4) is 11.5 Å². The van der Waals surface area contributed by atoms with Gasteiger partial charge in [-0.1, -0.05) is 32.0 Å². The smallest absolute Gasteiger partial charge is 0.305 e. The fraction of sp³-hybridized carbons (Fsp3) is 0.407. The summed E-state index contributed by atoms with van der Waals surface area (Å²) in [6, 6.07) is 8.85. The van der Waals surface area contributed by atoms with Crippen molar-refractivity contribution in [3.63, 3.8) is 0 Å². The van der Waals surface area contributed by atoms with Crippen molar-refractivity contribution in [2.24, 2.45) is 5.92 Å². The number of aliphatic carboxylic acids is 1.